The Hall–Kier alpha value is -3.84. The number of aromatic hydroxyl groups is 1. The van der Waals surface area contributed by atoms with E-state index in [2.05, 4.69) is 33.9 Å². The molecule has 1 aliphatic heterocycles. The average molecular weight is 457 g/mol. The maximum atomic E-state index is 10.7. The number of hydrogen-bond donors (Lipinski definition) is 2. The van der Waals surface area contributed by atoms with Crippen molar-refractivity contribution in [2.75, 3.05) is 12.0 Å². The van der Waals surface area contributed by atoms with E-state index in [1.807, 2.05) is 59.5 Å². The van der Waals surface area contributed by atoms with Gasteiger partial charge >= 0.3 is 0 Å². The number of ether oxygens (including phenoxy) is 1. The number of phenols is 1. The van der Waals surface area contributed by atoms with Crippen LogP contribution < -0.4 is 15.0 Å². The van der Waals surface area contributed by atoms with Crippen LogP contribution in [-0.4, -0.2) is 26.9 Å². The molecule has 0 amide bonds. The van der Waals surface area contributed by atoms with Crippen molar-refractivity contribution in [2.45, 2.75) is 19.0 Å². The number of nitrogens with zero attached hydrogens (tertiary/aromatic N) is 3. The first-order valence-corrected chi connectivity index (χ1v) is 11.1. The van der Waals surface area contributed by atoms with Gasteiger partial charge in [0.25, 0.3) is 0 Å². The number of aryl methyl sites for hydroxylation is 1. The number of nitrogens with one attached hydrogen (secondary N) is 1. The van der Waals surface area contributed by atoms with E-state index >= 15 is 0 Å². The molecule has 33 heavy (non-hydrogen) atoms. The molecule has 3 heterocycles. The summed E-state index contributed by atoms with van der Waals surface area (Å²) in [6, 6.07) is 24.9. The molecule has 6 nitrogen and oxygen atoms in total. The molecule has 4 aromatic rings. The van der Waals surface area contributed by atoms with Gasteiger partial charge < -0.3 is 24.6 Å². The van der Waals surface area contributed by atoms with Crippen molar-refractivity contribution < 1.29 is 9.84 Å². The van der Waals surface area contributed by atoms with Crippen molar-refractivity contribution in [3.05, 3.63) is 102 Å². The first kappa shape index (κ1) is 21.0. The molecule has 1 fully saturated rings. The molecule has 0 radical (unpaired) electrons. The smallest absolute Gasteiger partial charge is 0.174 e. The van der Waals surface area contributed by atoms with Crippen LogP contribution in [0.1, 0.15) is 29.2 Å². The third-order valence-electron chi connectivity index (χ3n) is 5.98. The van der Waals surface area contributed by atoms with Crippen LogP contribution in [0.5, 0.6) is 11.5 Å². The van der Waals surface area contributed by atoms with Crippen molar-refractivity contribution >= 4 is 23.0 Å². The van der Waals surface area contributed by atoms with E-state index in [9.17, 15) is 5.11 Å². The minimum absolute atomic E-state index is 0.174. The molecule has 1 aliphatic rings. The molecule has 0 unspecified atom stereocenters. The second-order valence-electron chi connectivity index (χ2n) is 7.92. The van der Waals surface area contributed by atoms with Crippen molar-refractivity contribution in [3.63, 3.8) is 0 Å². The van der Waals surface area contributed by atoms with Gasteiger partial charge in [-0.05, 0) is 79.8 Å². The first-order valence-electron chi connectivity index (χ1n) is 10.7. The van der Waals surface area contributed by atoms with E-state index in [1.165, 1.54) is 0 Å². The van der Waals surface area contributed by atoms with Crippen LogP contribution in [0.3, 0.4) is 0 Å². The molecule has 2 atom stereocenters. The number of thiocarbonyl (C=S) groups is 1. The number of aromatic nitrogens is 2. The molecular formula is C26H24N4O2S. The van der Waals surface area contributed by atoms with Gasteiger partial charge in [-0.1, -0.05) is 18.2 Å². The van der Waals surface area contributed by atoms with Crippen LogP contribution in [0.4, 0.5) is 5.69 Å². The van der Waals surface area contributed by atoms with Gasteiger partial charge in [0.05, 0.1) is 24.5 Å². The molecule has 1 saturated heterocycles. The highest BCUT2D eigenvalue weighted by atomic mass is 32.1. The Morgan fingerprint density at radius 1 is 0.970 bits per heavy atom. The zero-order valence-corrected chi connectivity index (χ0v) is 19.2. The fourth-order valence-electron chi connectivity index (χ4n) is 4.46. The van der Waals surface area contributed by atoms with Crippen molar-refractivity contribution in [2.24, 2.45) is 0 Å². The largest absolute Gasteiger partial charge is 0.506 e. The number of pyridine rings is 1. The van der Waals surface area contributed by atoms with Gasteiger partial charge in [0.1, 0.15) is 17.5 Å². The topological polar surface area (TPSA) is 62.5 Å². The third kappa shape index (κ3) is 3.70. The highest BCUT2D eigenvalue weighted by Gasteiger charge is 2.43. The molecule has 2 aromatic heterocycles. The predicted octanol–water partition coefficient (Wildman–Crippen LogP) is 5.07. The maximum absolute atomic E-state index is 10.7. The van der Waals surface area contributed by atoms with Crippen LogP contribution in [0.25, 0.3) is 5.69 Å². The summed E-state index contributed by atoms with van der Waals surface area (Å²) in [5.74, 6) is 0.976. The molecular weight excluding hydrogens is 432 g/mol. The van der Waals surface area contributed by atoms with Gasteiger partial charge in [-0.15, -0.1) is 0 Å². The second kappa shape index (κ2) is 8.60. The van der Waals surface area contributed by atoms with Crippen molar-refractivity contribution in [1.82, 2.24) is 14.9 Å². The van der Waals surface area contributed by atoms with E-state index in [4.69, 9.17) is 17.0 Å². The standard InChI is InChI=1S/C26H24N4O2S/c1-17-10-15-22(29(17)18-11-13-19(32-2)14-12-18)25-24(20-7-5-6-16-27-20)28-26(33)30(25)21-8-3-4-9-23(21)31/h3-16,24-25,31H,1-2H3,(H,28,33)/t24-,25-/m1/s1. The first-order chi connectivity index (χ1) is 16.1. The summed E-state index contributed by atoms with van der Waals surface area (Å²) < 4.78 is 7.55. The monoisotopic (exact) mass is 456 g/mol. The van der Waals surface area contributed by atoms with Gasteiger partial charge in [0.15, 0.2) is 5.11 Å². The Balaban J connectivity index is 1.70. The quantitative estimate of drug-likeness (QED) is 0.409. The number of rotatable bonds is 5. The lowest BCUT2D eigenvalue weighted by molar-refractivity contribution is 0.414. The van der Waals surface area contributed by atoms with Gasteiger partial charge in [0, 0.05) is 23.3 Å². The van der Waals surface area contributed by atoms with Crippen molar-refractivity contribution in [3.8, 4) is 17.2 Å². The van der Waals surface area contributed by atoms with Gasteiger partial charge in [-0.25, -0.2) is 0 Å². The molecule has 5 rings (SSSR count). The summed E-state index contributed by atoms with van der Waals surface area (Å²) in [6.07, 6.45) is 1.79. The van der Waals surface area contributed by atoms with E-state index < -0.39 is 0 Å². The molecule has 2 N–H and O–H groups in total. The summed E-state index contributed by atoms with van der Waals surface area (Å²) >= 11 is 5.79. The molecule has 0 bridgehead atoms. The number of anilines is 1. The molecule has 0 spiro atoms. The summed E-state index contributed by atoms with van der Waals surface area (Å²) in [7, 11) is 1.66. The summed E-state index contributed by atoms with van der Waals surface area (Å²) in [5, 5.41) is 14.7. The Bertz CT molecular complexity index is 1290. The van der Waals surface area contributed by atoms with Gasteiger partial charge in [-0.3, -0.25) is 4.98 Å². The normalized spacial score (nSPS) is 17.8. The summed E-state index contributed by atoms with van der Waals surface area (Å²) in [5.41, 5.74) is 4.67. The molecule has 0 saturated carbocycles. The fourth-order valence-corrected chi connectivity index (χ4v) is 4.80. The second-order valence-corrected chi connectivity index (χ2v) is 8.31. The third-order valence-corrected chi connectivity index (χ3v) is 6.29. The maximum Gasteiger partial charge on any atom is 0.174 e. The SMILES string of the molecule is COc1ccc(-n2c(C)ccc2[C@@H]2[C@@H](c3ccccn3)NC(=S)N2c2ccccc2O)cc1. The van der Waals surface area contributed by atoms with E-state index in [1.54, 1.807) is 25.4 Å². The highest BCUT2D eigenvalue weighted by molar-refractivity contribution is 7.80. The number of hydrogen-bond acceptors (Lipinski definition) is 4. The number of para-hydroxylation sites is 2. The average Bonchev–Trinajstić information content (AvgIpc) is 3.39. The number of benzene rings is 2. The van der Waals surface area contributed by atoms with Gasteiger partial charge in [-0.2, -0.15) is 0 Å². The minimum atomic E-state index is -0.239. The molecule has 2 aromatic carbocycles. The zero-order chi connectivity index (χ0) is 22.9. The number of methoxy groups -OCH3 is 1. The fraction of sp³-hybridized carbons (Fsp3) is 0.154. The predicted molar refractivity (Wildman–Crippen MR) is 133 cm³/mol. The minimum Gasteiger partial charge on any atom is -0.506 e. The summed E-state index contributed by atoms with van der Waals surface area (Å²) in [6.45, 7) is 2.08. The Kier molecular flexibility index (Phi) is 5.48. The van der Waals surface area contributed by atoms with Crippen LogP contribution in [0.2, 0.25) is 0 Å². The van der Waals surface area contributed by atoms with Crippen LogP contribution in [0.15, 0.2) is 85.1 Å². The number of phenolic OH excluding ortho intramolecular Hbond substituents is 1. The lowest BCUT2D eigenvalue weighted by atomic mass is 10.0. The van der Waals surface area contributed by atoms with Crippen molar-refractivity contribution in [1.29, 1.82) is 0 Å². The van der Waals surface area contributed by atoms with Crippen LogP contribution >= 0.6 is 12.2 Å². The lowest BCUT2D eigenvalue weighted by Gasteiger charge is -2.29. The van der Waals surface area contributed by atoms with E-state index in [-0.39, 0.29) is 17.8 Å². The van der Waals surface area contributed by atoms with E-state index in [0.29, 0.717) is 10.8 Å². The highest BCUT2D eigenvalue weighted by Crippen LogP contribution is 2.45. The molecule has 7 heteroatoms. The molecule has 166 valence electrons. The van der Waals surface area contributed by atoms with Crippen LogP contribution in [0, 0.1) is 6.92 Å². The van der Waals surface area contributed by atoms with Crippen LogP contribution in [-0.2, 0) is 0 Å². The van der Waals surface area contributed by atoms with Gasteiger partial charge in [0.2, 0.25) is 0 Å². The Morgan fingerprint density at radius 3 is 2.42 bits per heavy atom. The Morgan fingerprint density at radius 2 is 1.73 bits per heavy atom. The Labute approximate surface area is 198 Å². The lowest BCUT2D eigenvalue weighted by Crippen LogP contribution is -2.30. The zero-order valence-electron chi connectivity index (χ0n) is 18.3. The van der Waals surface area contributed by atoms with E-state index in [0.717, 1.165) is 28.5 Å². The molecule has 0 aliphatic carbocycles. The summed E-state index contributed by atoms with van der Waals surface area (Å²) in [4.78, 5) is 6.60.